The molecule has 0 fully saturated rings. The second kappa shape index (κ2) is 4.39. The number of hydrogen-bond acceptors (Lipinski definition) is 3. The van der Waals surface area contributed by atoms with Gasteiger partial charge in [0.2, 0.25) is 0 Å². The van der Waals surface area contributed by atoms with Gasteiger partial charge in [0.25, 0.3) is 5.91 Å². The Morgan fingerprint density at radius 3 is 2.82 bits per heavy atom. The molecule has 0 spiro atoms. The zero-order valence-corrected chi connectivity index (χ0v) is 10.2. The first-order valence-electron chi connectivity index (χ1n) is 4.67. The molecule has 1 aromatic carbocycles. The van der Waals surface area contributed by atoms with E-state index in [0.717, 1.165) is 10.0 Å². The third-order valence-corrected chi connectivity index (χ3v) is 2.65. The van der Waals surface area contributed by atoms with E-state index < -0.39 is 5.91 Å². The van der Waals surface area contributed by atoms with Crippen LogP contribution in [0.3, 0.4) is 0 Å². The molecule has 3 N–H and O–H groups in total. The normalized spacial score (nSPS) is 9.88. The number of halogens is 1. The van der Waals surface area contributed by atoms with Gasteiger partial charge in [0.1, 0.15) is 17.6 Å². The third-order valence-electron chi connectivity index (χ3n) is 2.15. The number of amides is 1. The van der Waals surface area contributed by atoms with Crippen molar-refractivity contribution in [2.45, 2.75) is 0 Å². The molecule has 0 saturated heterocycles. The molecule has 5 nitrogen and oxygen atoms in total. The molecule has 1 amide bonds. The first-order valence-corrected chi connectivity index (χ1v) is 5.47. The highest BCUT2D eigenvalue weighted by molar-refractivity contribution is 9.10. The van der Waals surface area contributed by atoms with E-state index in [1.165, 1.54) is 0 Å². The van der Waals surface area contributed by atoms with Gasteiger partial charge < -0.3 is 10.7 Å². The summed E-state index contributed by atoms with van der Waals surface area (Å²) in [6.07, 6.45) is 0. The van der Waals surface area contributed by atoms with Crippen LogP contribution in [0.25, 0.3) is 11.4 Å². The van der Waals surface area contributed by atoms with E-state index in [0.29, 0.717) is 5.82 Å². The zero-order valence-electron chi connectivity index (χ0n) is 8.57. The standard InChI is InChI=1S/C11H7BrN4O/c12-7-3-1-2-6(4-7)11-15-8(5-13)9(16-11)10(14)17/h1-4H,(H2,14,17)(H,15,16). The maximum atomic E-state index is 11.1. The Labute approximate surface area is 105 Å². The third kappa shape index (κ3) is 2.19. The number of hydrogen-bond donors (Lipinski definition) is 2. The smallest absolute Gasteiger partial charge is 0.268 e. The molecular formula is C11H7BrN4O. The van der Waals surface area contributed by atoms with Gasteiger partial charge in [0.05, 0.1) is 0 Å². The van der Waals surface area contributed by atoms with Gasteiger partial charge in [0.15, 0.2) is 5.69 Å². The number of rotatable bonds is 2. The number of aromatic nitrogens is 2. The minimum atomic E-state index is -0.699. The minimum Gasteiger partial charge on any atom is -0.364 e. The van der Waals surface area contributed by atoms with Gasteiger partial charge in [-0.2, -0.15) is 5.26 Å². The van der Waals surface area contributed by atoms with E-state index in [2.05, 4.69) is 25.9 Å². The number of benzene rings is 1. The van der Waals surface area contributed by atoms with Gasteiger partial charge in [-0.1, -0.05) is 28.1 Å². The average Bonchev–Trinajstić information content (AvgIpc) is 2.73. The van der Waals surface area contributed by atoms with Crippen molar-refractivity contribution in [3.8, 4) is 17.5 Å². The summed E-state index contributed by atoms with van der Waals surface area (Å²) in [6, 6.07) is 9.16. The van der Waals surface area contributed by atoms with Gasteiger partial charge in [-0.3, -0.25) is 4.79 Å². The molecule has 2 rings (SSSR count). The lowest BCUT2D eigenvalue weighted by molar-refractivity contribution is 0.0996. The number of nitrogens with one attached hydrogen (secondary N) is 1. The number of nitriles is 1. The summed E-state index contributed by atoms with van der Waals surface area (Å²) in [5, 5.41) is 8.83. The van der Waals surface area contributed by atoms with Crippen molar-refractivity contribution in [1.82, 2.24) is 9.97 Å². The fourth-order valence-corrected chi connectivity index (χ4v) is 1.80. The van der Waals surface area contributed by atoms with Gasteiger partial charge >= 0.3 is 0 Å². The molecule has 1 aromatic heterocycles. The van der Waals surface area contributed by atoms with Crippen molar-refractivity contribution in [2.24, 2.45) is 5.73 Å². The lowest BCUT2D eigenvalue weighted by Gasteiger charge is -1.96. The van der Waals surface area contributed by atoms with Gasteiger partial charge in [-0.15, -0.1) is 0 Å². The predicted octanol–water partition coefficient (Wildman–Crippen LogP) is 1.81. The Bertz CT molecular complexity index is 627. The maximum Gasteiger partial charge on any atom is 0.268 e. The fourth-order valence-electron chi connectivity index (χ4n) is 1.40. The SMILES string of the molecule is N#Cc1nc(-c2cccc(Br)c2)[nH]c1C(N)=O. The first kappa shape index (κ1) is 11.4. The highest BCUT2D eigenvalue weighted by Gasteiger charge is 2.15. The fraction of sp³-hybridized carbons (Fsp3) is 0. The lowest BCUT2D eigenvalue weighted by Crippen LogP contribution is -2.13. The molecule has 0 bridgehead atoms. The number of nitrogens with two attached hydrogens (primary N) is 1. The van der Waals surface area contributed by atoms with Crippen LogP contribution in [0.15, 0.2) is 28.7 Å². The first-order chi connectivity index (χ1) is 8.11. The Kier molecular flexibility index (Phi) is 2.93. The maximum absolute atomic E-state index is 11.1. The molecular weight excluding hydrogens is 284 g/mol. The number of carbonyl (C=O) groups is 1. The Morgan fingerprint density at radius 2 is 2.29 bits per heavy atom. The molecule has 84 valence electrons. The van der Waals surface area contributed by atoms with Crippen molar-refractivity contribution in [3.05, 3.63) is 40.1 Å². The number of nitrogens with zero attached hydrogens (tertiary/aromatic N) is 2. The molecule has 17 heavy (non-hydrogen) atoms. The summed E-state index contributed by atoms with van der Waals surface area (Å²) in [6.45, 7) is 0. The summed E-state index contributed by atoms with van der Waals surface area (Å²) in [4.78, 5) is 17.9. The predicted molar refractivity (Wildman–Crippen MR) is 65.0 cm³/mol. The monoisotopic (exact) mass is 290 g/mol. The molecule has 6 heteroatoms. The van der Waals surface area contributed by atoms with Crippen LogP contribution in [0.2, 0.25) is 0 Å². The molecule has 0 radical (unpaired) electrons. The van der Waals surface area contributed by atoms with E-state index >= 15 is 0 Å². The van der Waals surface area contributed by atoms with Crippen LogP contribution in [0.1, 0.15) is 16.2 Å². The van der Waals surface area contributed by atoms with Crippen LogP contribution in [-0.4, -0.2) is 15.9 Å². The number of aromatic amines is 1. The van der Waals surface area contributed by atoms with Crippen molar-refractivity contribution in [3.63, 3.8) is 0 Å². The van der Waals surface area contributed by atoms with E-state index in [1.807, 2.05) is 30.3 Å². The highest BCUT2D eigenvalue weighted by atomic mass is 79.9. The van der Waals surface area contributed by atoms with Crippen molar-refractivity contribution >= 4 is 21.8 Å². The second-order valence-electron chi connectivity index (χ2n) is 3.30. The Balaban J connectivity index is 2.55. The van der Waals surface area contributed by atoms with Gasteiger partial charge in [0, 0.05) is 10.0 Å². The summed E-state index contributed by atoms with van der Waals surface area (Å²) in [5.41, 5.74) is 5.94. The number of primary amides is 1. The van der Waals surface area contributed by atoms with Crippen molar-refractivity contribution in [2.75, 3.05) is 0 Å². The topological polar surface area (TPSA) is 95.6 Å². The molecule has 1 heterocycles. The lowest BCUT2D eigenvalue weighted by atomic mass is 10.2. The minimum absolute atomic E-state index is 0.00692. The molecule has 0 atom stereocenters. The molecule has 0 aliphatic rings. The molecule has 0 aliphatic carbocycles. The second-order valence-corrected chi connectivity index (χ2v) is 4.21. The zero-order chi connectivity index (χ0) is 12.4. The van der Waals surface area contributed by atoms with Gasteiger partial charge in [-0.05, 0) is 12.1 Å². The number of imidazole rings is 1. The summed E-state index contributed by atoms with van der Waals surface area (Å²) in [7, 11) is 0. The quantitative estimate of drug-likeness (QED) is 0.883. The van der Waals surface area contributed by atoms with Crippen LogP contribution in [0.4, 0.5) is 0 Å². The molecule has 0 unspecified atom stereocenters. The molecule has 2 aromatic rings. The summed E-state index contributed by atoms with van der Waals surface area (Å²) < 4.78 is 0.880. The van der Waals surface area contributed by atoms with Crippen LogP contribution >= 0.6 is 15.9 Å². The van der Waals surface area contributed by atoms with Gasteiger partial charge in [-0.25, -0.2) is 4.98 Å². The number of carbonyl (C=O) groups excluding carboxylic acids is 1. The summed E-state index contributed by atoms with van der Waals surface area (Å²) in [5.74, 6) is -0.257. The Hall–Kier alpha value is -2.13. The van der Waals surface area contributed by atoms with Crippen LogP contribution < -0.4 is 5.73 Å². The van der Waals surface area contributed by atoms with E-state index in [1.54, 1.807) is 0 Å². The van der Waals surface area contributed by atoms with Crippen LogP contribution in [0.5, 0.6) is 0 Å². The van der Waals surface area contributed by atoms with E-state index in [-0.39, 0.29) is 11.4 Å². The van der Waals surface area contributed by atoms with E-state index in [4.69, 9.17) is 11.0 Å². The molecule has 0 aliphatic heterocycles. The van der Waals surface area contributed by atoms with E-state index in [9.17, 15) is 4.79 Å². The van der Waals surface area contributed by atoms with Crippen LogP contribution in [0, 0.1) is 11.3 Å². The van der Waals surface area contributed by atoms with Crippen LogP contribution in [-0.2, 0) is 0 Å². The summed E-state index contributed by atoms with van der Waals surface area (Å²) >= 11 is 3.33. The number of H-pyrrole nitrogens is 1. The van der Waals surface area contributed by atoms with Crippen molar-refractivity contribution < 1.29 is 4.79 Å². The molecule has 0 saturated carbocycles. The highest BCUT2D eigenvalue weighted by Crippen LogP contribution is 2.21. The van der Waals surface area contributed by atoms with Crippen molar-refractivity contribution in [1.29, 1.82) is 5.26 Å². The Morgan fingerprint density at radius 1 is 1.53 bits per heavy atom. The largest absolute Gasteiger partial charge is 0.364 e. The average molecular weight is 291 g/mol.